The Labute approximate surface area is 126 Å². The van der Waals surface area contributed by atoms with E-state index in [-0.39, 0.29) is 0 Å². The van der Waals surface area contributed by atoms with Crippen LogP contribution in [0.25, 0.3) is 0 Å². The lowest BCUT2D eigenvalue weighted by Gasteiger charge is -2.40. The van der Waals surface area contributed by atoms with Crippen molar-refractivity contribution in [2.75, 3.05) is 31.1 Å². The van der Waals surface area contributed by atoms with Crippen LogP contribution in [0.3, 0.4) is 0 Å². The summed E-state index contributed by atoms with van der Waals surface area (Å²) < 4.78 is 0. The zero-order chi connectivity index (χ0) is 14.8. The van der Waals surface area contributed by atoms with E-state index in [9.17, 15) is 4.79 Å². The van der Waals surface area contributed by atoms with E-state index < -0.39 is 0 Å². The molecular weight excluding hydrogens is 264 g/mol. The van der Waals surface area contributed by atoms with Crippen LogP contribution in [0.2, 0.25) is 0 Å². The number of anilines is 1. The summed E-state index contributed by atoms with van der Waals surface area (Å²) in [7, 11) is 0. The molecule has 3 rings (SSSR count). The Morgan fingerprint density at radius 1 is 1.00 bits per heavy atom. The Balaban J connectivity index is 1.58. The van der Waals surface area contributed by atoms with E-state index in [1.165, 1.54) is 0 Å². The van der Waals surface area contributed by atoms with E-state index in [1.807, 2.05) is 19.9 Å². The Bertz CT molecular complexity index is 493. The van der Waals surface area contributed by atoms with Gasteiger partial charge in [0.05, 0.1) is 0 Å². The number of aromatic nitrogens is 2. The van der Waals surface area contributed by atoms with Crippen LogP contribution in [0.4, 0.5) is 5.95 Å². The summed E-state index contributed by atoms with van der Waals surface area (Å²) >= 11 is 0. The number of Topliss-reactive ketones (excluding diaryl/α,β-unsaturated/α-hetero) is 1. The highest BCUT2D eigenvalue weighted by Crippen LogP contribution is 2.22. The number of piperazine rings is 1. The van der Waals surface area contributed by atoms with Gasteiger partial charge in [-0.1, -0.05) is 0 Å². The molecule has 1 saturated heterocycles. The highest BCUT2D eigenvalue weighted by Gasteiger charge is 2.28. The lowest BCUT2D eigenvalue weighted by Crippen LogP contribution is -2.51. The molecular formula is C16H24N4O. The minimum absolute atomic E-state index is 0.438. The normalized spacial score (nSPS) is 21.8. The molecule has 1 aliphatic heterocycles. The minimum Gasteiger partial charge on any atom is -0.338 e. The zero-order valence-electron chi connectivity index (χ0n) is 13.0. The minimum atomic E-state index is 0.438. The molecule has 114 valence electrons. The maximum atomic E-state index is 11.3. The van der Waals surface area contributed by atoms with E-state index in [1.54, 1.807) is 0 Å². The van der Waals surface area contributed by atoms with E-state index in [2.05, 4.69) is 19.8 Å². The molecule has 1 aliphatic carbocycles. The van der Waals surface area contributed by atoms with Gasteiger partial charge in [0.2, 0.25) is 5.95 Å². The van der Waals surface area contributed by atoms with Crippen molar-refractivity contribution in [2.24, 2.45) is 0 Å². The molecule has 2 heterocycles. The van der Waals surface area contributed by atoms with Crippen LogP contribution in [0.1, 0.15) is 37.1 Å². The standard InChI is InChI=1S/C16H24N4O/c1-12-11-13(2)18-16(17-12)20-9-7-19(8-10-20)14-3-5-15(21)6-4-14/h11,14H,3-10H2,1-2H3. The first-order valence-electron chi connectivity index (χ1n) is 7.95. The molecule has 5 heteroatoms. The van der Waals surface area contributed by atoms with Crippen molar-refractivity contribution in [1.82, 2.24) is 14.9 Å². The molecule has 0 bridgehead atoms. The van der Waals surface area contributed by atoms with Crippen molar-refractivity contribution in [1.29, 1.82) is 0 Å². The van der Waals surface area contributed by atoms with Crippen LogP contribution < -0.4 is 4.90 Å². The number of hydrogen-bond acceptors (Lipinski definition) is 5. The van der Waals surface area contributed by atoms with Gasteiger partial charge in [-0.15, -0.1) is 0 Å². The SMILES string of the molecule is Cc1cc(C)nc(N2CCN(C3CCC(=O)CC3)CC2)n1. The molecule has 0 aromatic carbocycles. The van der Waals surface area contributed by atoms with Crippen LogP contribution in [-0.4, -0.2) is 52.9 Å². The van der Waals surface area contributed by atoms with Crippen LogP contribution in [0.5, 0.6) is 0 Å². The first kappa shape index (κ1) is 14.4. The third kappa shape index (κ3) is 3.40. The summed E-state index contributed by atoms with van der Waals surface area (Å²) in [6.45, 7) is 8.10. The molecule has 21 heavy (non-hydrogen) atoms. The Morgan fingerprint density at radius 2 is 1.57 bits per heavy atom. The maximum Gasteiger partial charge on any atom is 0.225 e. The van der Waals surface area contributed by atoms with Crippen molar-refractivity contribution in [3.8, 4) is 0 Å². The van der Waals surface area contributed by atoms with Gasteiger partial charge in [-0.3, -0.25) is 9.69 Å². The van der Waals surface area contributed by atoms with E-state index in [0.717, 1.165) is 69.2 Å². The van der Waals surface area contributed by atoms with E-state index in [4.69, 9.17) is 0 Å². The Kier molecular flexibility index (Phi) is 4.19. The van der Waals surface area contributed by atoms with E-state index in [0.29, 0.717) is 11.8 Å². The number of carbonyl (C=O) groups excluding carboxylic acids is 1. The molecule has 0 atom stereocenters. The number of aryl methyl sites for hydroxylation is 2. The zero-order valence-corrected chi connectivity index (χ0v) is 13.0. The second-order valence-corrected chi connectivity index (χ2v) is 6.24. The van der Waals surface area contributed by atoms with Gasteiger partial charge < -0.3 is 4.90 Å². The molecule has 2 aliphatic rings. The van der Waals surface area contributed by atoms with Crippen molar-refractivity contribution in [2.45, 2.75) is 45.6 Å². The molecule has 0 radical (unpaired) electrons. The largest absolute Gasteiger partial charge is 0.338 e. The van der Waals surface area contributed by atoms with Crippen molar-refractivity contribution >= 4 is 11.7 Å². The van der Waals surface area contributed by atoms with Crippen LogP contribution in [-0.2, 0) is 4.79 Å². The summed E-state index contributed by atoms with van der Waals surface area (Å²) in [6.07, 6.45) is 3.62. The second-order valence-electron chi connectivity index (χ2n) is 6.24. The third-order valence-corrected chi connectivity index (χ3v) is 4.60. The first-order chi connectivity index (χ1) is 10.1. The number of hydrogen-bond donors (Lipinski definition) is 0. The van der Waals surface area contributed by atoms with Gasteiger partial charge in [-0.2, -0.15) is 0 Å². The van der Waals surface area contributed by atoms with Gasteiger partial charge in [0.1, 0.15) is 5.78 Å². The highest BCUT2D eigenvalue weighted by molar-refractivity contribution is 5.79. The van der Waals surface area contributed by atoms with Crippen molar-refractivity contribution in [3.63, 3.8) is 0 Å². The molecule has 2 fully saturated rings. The van der Waals surface area contributed by atoms with Gasteiger partial charge in [0.15, 0.2) is 0 Å². The average molecular weight is 288 g/mol. The fourth-order valence-electron chi connectivity index (χ4n) is 3.43. The smallest absolute Gasteiger partial charge is 0.225 e. The number of nitrogens with zero attached hydrogens (tertiary/aromatic N) is 4. The molecule has 1 saturated carbocycles. The van der Waals surface area contributed by atoms with Gasteiger partial charge in [-0.25, -0.2) is 9.97 Å². The van der Waals surface area contributed by atoms with Gasteiger partial charge >= 0.3 is 0 Å². The van der Waals surface area contributed by atoms with Gasteiger partial charge in [-0.05, 0) is 32.8 Å². The predicted octanol–water partition coefficient (Wildman–Crippen LogP) is 1.73. The lowest BCUT2D eigenvalue weighted by molar-refractivity contribution is -0.121. The molecule has 0 amide bonds. The summed E-state index contributed by atoms with van der Waals surface area (Å²) in [4.78, 5) is 25.3. The molecule has 0 spiro atoms. The first-order valence-corrected chi connectivity index (χ1v) is 7.95. The molecule has 1 aromatic rings. The molecule has 0 unspecified atom stereocenters. The van der Waals surface area contributed by atoms with Crippen molar-refractivity contribution < 1.29 is 4.79 Å². The summed E-state index contributed by atoms with van der Waals surface area (Å²) in [5.41, 5.74) is 2.07. The summed E-state index contributed by atoms with van der Waals surface area (Å²) in [6, 6.07) is 2.61. The Hall–Kier alpha value is -1.49. The van der Waals surface area contributed by atoms with Crippen molar-refractivity contribution in [3.05, 3.63) is 17.5 Å². The highest BCUT2D eigenvalue weighted by atomic mass is 16.1. The Morgan fingerprint density at radius 3 is 2.14 bits per heavy atom. The fourth-order valence-corrected chi connectivity index (χ4v) is 3.43. The maximum absolute atomic E-state index is 11.3. The topological polar surface area (TPSA) is 49.3 Å². The van der Waals surface area contributed by atoms with Crippen LogP contribution >= 0.6 is 0 Å². The molecule has 0 N–H and O–H groups in total. The summed E-state index contributed by atoms with van der Waals surface area (Å²) in [5.74, 6) is 1.31. The average Bonchev–Trinajstić information content (AvgIpc) is 2.47. The molecule has 5 nitrogen and oxygen atoms in total. The quantitative estimate of drug-likeness (QED) is 0.829. The van der Waals surface area contributed by atoms with E-state index >= 15 is 0 Å². The lowest BCUT2D eigenvalue weighted by atomic mass is 9.93. The fraction of sp³-hybridized carbons (Fsp3) is 0.688. The molecule has 1 aromatic heterocycles. The second kappa shape index (κ2) is 6.10. The summed E-state index contributed by atoms with van der Waals surface area (Å²) in [5, 5.41) is 0. The van der Waals surface area contributed by atoms with Crippen LogP contribution in [0.15, 0.2) is 6.07 Å². The van der Waals surface area contributed by atoms with Gasteiger partial charge in [0, 0.05) is 56.5 Å². The number of rotatable bonds is 2. The monoisotopic (exact) mass is 288 g/mol. The number of carbonyl (C=O) groups is 1. The van der Waals surface area contributed by atoms with Crippen LogP contribution in [0, 0.1) is 13.8 Å². The predicted molar refractivity (Wildman–Crippen MR) is 82.6 cm³/mol. The number of ketones is 1. The van der Waals surface area contributed by atoms with Gasteiger partial charge in [0.25, 0.3) is 0 Å². The third-order valence-electron chi connectivity index (χ3n) is 4.60.